The Morgan fingerprint density at radius 2 is 1.72 bits per heavy atom. The third-order valence-corrected chi connectivity index (χ3v) is 5.63. The molecule has 0 bridgehead atoms. The number of urea groups is 1. The van der Waals surface area contributed by atoms with E-state index >= 15 is 0 Å². The second-order valence-corrected chi connectivity index (χ2v) is 8.20. The van der Waals surface area contributed by atoms with Crippen molar-refractivity contribution in [3.63, 3.8) is 0 Å². The molecular formula is C24H26FN3O3S. The van der Waals surface area contributed by atoms with Crippen molar-refractivity contribution < 1.29 is 18.7 Å². The molecule has 6 nitrogen and oxygen atoms in total. The van der Waals surface area contributed by atoms with E-state index in [1.807, 2.05) is 35.7 Å². The van der Waals surface area contributed by atoms with Gasteiger partial charge in [0.05, 0.1) is 13.2 Å². The van der Waals surface area contributed by atoms with E-state index in [9.17, 15) is 14.0 Å². The maximum absolute atomic E-state index is 13.3. The number of methoxy groups -OCH3 is 1. The van der Waals surface area contributed by atoms with Gasteiger partial charge in [-0.2, -0.15) is 0 Å². The van der Waals surface area contributed by atoms with Gasteiger partial charge in [-0.1, -0.05) is 36.4 Å². The number of rotatable bonds is 10. The highest BCUT2D eigenvalue weighted by atomic mass is 32.1. The molecule has 0 aliphatic rings. The van der Waals surface area contributed by atoms with Crippen LogP contribution in [0.2, 0.25) is 0 Å². The molecule has 0 aliphatic heterocycles. The Bertz CT molecular complexity index is 981. The molecule has 8 heteroatoms. The van der Waals surface area contributed by atoms with Crippen molar-refractivity contribution in [3.05, 3.63) is 88.4 Å². The van der Waals surface area contributed by atoms with E-state index in [1.54, 1.807) is 47.6 Å². The standard InChI is InChI=1S/C24H26FN3O3S/c1-31-14-13-27(24(30)26-21-6-3-2-4-7-21)18-23(29)28(17-22-8-5-15-32-22)16-19-9-11-20(25)12-10-19/h2-12,15H,13-14,16-18H2,1H3,(H,26,30). The summed E-state index contributed by atoms with van der Waals surface area (Å²) in [4.78, 5) is 30.2. The van der Waals surface area contributed by atoms with Gasteiger partial charge < -0.3 is 19.9 Å². The fourth-order valence-corrected chi connectivity index (χ4v) is 3.79. The molecule has 2 aromatic carbocycles. The van der Waals surface area contributed by atoms with Crippen molar-refractivity contribution in [1.82, 2.24) is 9.80 Å². The summed E-state index contributed by atoms with van der Waals surface area (Å²) in [5, 5.41) is 4.77. The molecule has 168 valence electrons. The lowest BCUT2D eigenvalue weighted by Crippen LogP contribution is -2.45. The molecule has 32 heavy (non-hydrogen) atoms. The van der Waals surface area contributed by atoms with Crippen LogP contribution in [-0.2, 0) is 22.6 Å². The number of ether oxygens (including phenoxy) is 1. The topological polar surface area (TPSA) is 61.9 Å². The highest BCUT2D eigenvalue weighted by molar-refractivity contribution is 7.09. The van der Waals surface area contributed by atoms with Gasteiger partial charge in [-0.25, -0.2) is 9.18 Å². The lowest BCUT2D eigenvalue weighted by atomic mass is 10.2. The summed E-state index contributed by atoms with van der Waals surface area (Å²) in [5.74, 6) is -0.532. The fourth-order valence-electron chi connectivity index (χ4n) is 3.07. The first-order valence-electron chi connectivity index (χ1n) is 10.2. The van der Waals surface area contributed by atoms with E-state index in [0.29, 0.717) is 25.4 Å². The van der Waals surface area contributed by atoms with E-state index in [4.69, 9.17) is 4.74 Å². The molecule has 0 saturated heterocycles. The SMILES string of the molecule is COCCN(CC(=O)N(Cc1ccc(F)cc1)Cc1cccs1)C(=O)Nc1ccccc1. The lowest BCUT2D eigenvalue weighted by Gasteiger charge is -2.27. The van der Waals surface area contributed by atoms with Gasteiger partial charge in [-0.15, -0.1) is 11.3 Å². The third-order valence-electron chi connectivity index (χ3n) is 4.77. The second-order valence-electron chi connectivity index (χ2n) is 7.17. The first-order chi connectivity index (χ1) is 15.5. The quantitative estimate of drug-likeness (QED) is 0.486. The van der Waals surface area contributed by atoms with Crippen LogP contribution in [0.5, 0.6) is 0 Å². The van der Waals surface area contributed by atoms with Crippen LogP contribution in [0.1, 0.15) is 10.4 Å². The molecule has 3 rings (SSSR count). The summed E-state index contributed by atoms with van der Waals surface area (Å²) in [5.41, 5.74) is 1.46. The van der Waals surface area contributed by atoms with Crippen LogP contribution >= 0.6 is 11.3 Å². The van der Waals surface area contributed by atoms with Crippen molar-refractivity contribution in [1.29, 1.82) is 0 Å². The van der Waals surface area contributed by atoms with Gasteiger partial charge in [0.15, 0.2) is 0 Å². The van der Waals surface area contributed by atoms with Crippen LogP contribution in [0.25, 0.3) is 0 Å². The Kier molecular flexibility index (Phi) is 8.77. The third kappa shape index (κ3) is 7.18. The predicted octanol–water partition coefficient (Wildman–Crippen LogP) is 4.60. The monoisotopic (exact) mass is 455 g/mol. The molecule has 1 aromatic heterocycles. The number of para-hydroxylation sites is 1. The van der Waals surface area contributed by atoms with Gasteiger partial charge in [0.2, 0.25) is 5.91 Å². The Morgan fingerprint density at radius 1 is 0.969 bits per heavy atom. The highest BCUT2D eigenvalue weighted by Gasteiger charge is 2.22. The summed E-state index contributed by atoms with van der Waals surface area (Å²) >= 11 is 1.56. The summed E-state index contributed by atoms with van der Waals surface area (Å²) in [6.45, 7) is 1.19. The highest BCUT2D eigenvalue weighted by Crippen LogP contribution is 2.16. The van der Waals surface area contributed by atoms with Crippen LogP contribution in [0.4, 0.5) is 14.9 Å². The minimum atomic E-state index is -0.376. The van der Waals surface area contributed by atoms with Crippen LogP contribution in [0.15, 0.2) is 72.1 Å². The number of hydrogen-bond donors (Lipinski definition) is 1. The second kappa shape index (κ2) is 12.0. The summed E-state index contributed by atoms with van der Waals surface area (Å²) in [7, 11) is 1.55. The minimum absolute atomic E-state index is 0.103. The van der Waals surface area contributed by atoms with Crippen LogP contribution < -0.4 is 5.32 Å². The van der Waals surface area contributed by atoms with Crippen molar-refractivity contribution in [2.75, 3.05) is 32.1 Å². The number of nitrogens with one attached hydrogen (secondary N) is 1. The number of hydrogen-bond acceptors (Lipinski definition) is 4. The zero-order valence-electron chi connectivity index (χ0n) is 17.9. The van der Waals surface area contributed by atoms with Gasteiger partial charge in [-0.3, -0.25) is 4.79 Å². The number of benzene rings is 2. The summed E-state index contributed by atoms with van der Waals surface area (Å²) in [6.07, 6.45) is 0. The molecular weight excluding hydrogens is 429 g/mol. The number of amides is 3. The van der Waals surface area contributed by atoms with Gasteiger partial charge in [0, 0.05) is 30.8 Å². The van der Waals surface area contributed by atoms with Crippen LogP contribution in [-0.4, -0.2) is 48.5 Å². The predicted molar refractivity (Wildman–Crippen MR) is 124 cm³/mol. The average molecular weight is 456 g/mol. The number of anilines is 1. The van der Waals surface area contributed by atoms with Crippen LogP contribution in [0, 0.1) is 5.82 Å². The summed E-state index contributed by atoms with van der Waals surface area (Å²) < 4.78 is 18.4. The van der Waals surface area contributed by atoms with Gasteiger partial charge >= 0.3 is 6.03 Å². The van der Waals surface area contributed by atoms with E-state index < -0.39 is 0 Å². The van der Waals surface area contributed by atoms with Crippen molar-refractivity contribution in [2.24, 2.45) is 0 Å². The van der Waals surface area contributed by atoms with E-state index in [1.165, 1.54) is 17.0 Å². The average Bonchev–Trinajstić information content (AvgIpc) is 3.31. The lowest BCUT2D eigenvalue weighted by molar-refractivity contribution is -0.133. The molecule has 0 spiro atoms. The maximum atomic E-state index is 13.3. The van der Waals surface area contributed by atoms with E-state index in [2.05, 4.69) is 5.32 Å². The number of carbonyl (C=O) groups excluding carboxylic acids is 2. The zero-order chi connectivity index (χ0) is 22.8. The zero-order valence-corrected chi connectivity index (χ0v) is 18.7. The number of thiophene rings is 1. The van der Waals surface area contributed by atoms with Gasteiger partial charge in [0.25, 0.3) is 0 Å². The molecule has 3 aromatic rings. The molecule has 0 unspecified atom stereocenters. The molecule has 3 amide bonds. The minimum Gasteiger partial charge on any atom is -0.383 e. The van der Waals surface area contributed by atoms with Crippen molar-refractivity contribution >= 4 is 29.0 Å². The first kappa shape index (κ1) is 23.4. The summed E-state index contributed by atoms with van der Waals surface area (Å²) in [6, 6.07) is 18.7. The van der Waals surface area contributed by atoms with Crippen LogP contribution in [0.3, 0.4) is 0 Å². The number of carbonyl (C=O) groups is 2. The van der Waals surface area contributed by atoms with Crippen molar-refractivity contribution in [2.45, 2.75) is 13.1 Å². The van der Waals surface area contributed by atoms with E-state index in [-0.39, 0.29) is 30.8 Å². The van der Waals surface area contributed by atoms with E-state index in [0.717, 1.165) is 10.4 Å². The van der Waals surface area contributed by atoms with Gasteiger partial charge in [0.1, 0.15) is 12.4 Å². The fraction of sp³-hybridized carbons (Fsp3) is 0.250. The normalized spacial score (nSPS) is 10.6. The molecule has 1 N–H and O–H groups in total. The largest absolute Gasteiger partial charge is 0.383 e. The molecule has 0 aliphatic carbocycles. The number of halogens is 1. The molecule has 1 heterocycles. The Morgan fingerprint density at radius 3 is 2.38 bits per heavy atom. The number of nitrogens with zero attached hydrogens (tertiary/aromatic N) is 2. The first-order valence-corrected chi connectivity index (χ1v) is 11.1. The Labute approximate surface area is 191 Å². The smallest absolute Gasteiger partial charge is 0.322 e. The molecule has 0 radical (unpaired) electrons. The maximum Gasteiger partial charge on any atom is 0.322 e. The Hall–Kier alpha value is -3.23. The Balaban J connectivity index is 1.73. The molecule has 0 fully saturated rings. The molecule has 0 atom stereocenters. The van der Waals surface area contributed by atoms with Crippen molar-refractivity contribution in [3.8, 4) is 0 Å². The van der Waals surface area contributed by atoms with Gasteiger partial charge in [-0.05, 0) is 41.3 Å². The molecule has 0 saturated carbocycles.